The standard InChI is InChI=1S/C15H25N3OS/c1-11-12(2)20-14(17-11)15(16-6-9-19-3)10-18-7-4-13(15)5-8-18/h13,16H,4-10H2,1-3H3. The summed E-state index contributed by atoms with van der Waals surface area (Å²) < 4.78 is 5.23. The van der Waals surface area contributed by atoms with Gasteiger partial charge in [-0.3, -0.25) is 0 Å². The normalized spacial score (nSPS) is 32.8. The molecule has 5 heteroatoms. The summed E-state index contributed by atoms with van der Waals surface area (Å²) in [6.45, 7) is 9.58. The van der Waals surface area contributed by atoms with Crippen LogP contribution in [0.5, 0.6) is 0 Å². The van der Waals surface area contributed by atoms with E-state index in [9.17, 15) is 0 Å². The van der Waals surface area contributed by atoms with Gasteiger partial charge in [-0.1, -0.05) is 0 Å². The Morgan fingerprint density at radius 1 is 1.40 bits per heavy atom. The second-order valence-corrected chi connectivity index (χ2v) is 7.31. The highest BCUT2D eigenvalue weighted by atomic mass is 32.1. The average Bonchev–Trinajstić information content (AvgIpc) is 2.81. The fourth-order valence-corrected chi connectivity index (χ4v) is 4.77. The molecule has 3 saturated heterocycles. The van der Waals surface area contributed by atoms with E-state index in [4.69, 9.17) is 9.72 Å². The molecule has 1 N–H and O–H groups in total. The molecular formula is C15H25N3OS. The van der Waals surface area contributed by atoms with Crippen molar-refractivity contribution in [2.75, 3.05) is 39.9 Å². The lowest BCUT2D eigenvalue weighted by molar-refractivity contribution is -0.000236. The number of piperidine rings is 3. The van der Waals surface area contributed by atoms with Crippen molar-refractivity contribution in [2.24, 2.45) is 5.92 Å². The lowest BCUT2D eigenvalue weighted by Crippen LogP contribution is -2.64. The lowest BCUT2D eigenvalue weighted by atomic mass is 9.73. The van der Waals surface area contributed by atoms with Crippen LogP contribution in [-0.4, -0.2) is 49.8 Å². The molecule has 20 heavy (non-hydrogen) atoms. The van der Waals surface area contributed by atoms with Crippen molar-refractivity contribution in [1.29, 1.82) is 0 Å². The molecule has 4 heterocycles. The Bertz CT molecular complexity index is 448. The van der Waals surface area contributed by atoms with Crippen LogP contribution in [0, 0.1) is 19.8 Å². The molecule has 4 nitrogen and oxygen atoms in total. The Morgan fingerprint density at radius 3 is 2.65 bits per heavy atom. The number of ether oxygens (including phenoxy) is 1. The lowest BCUT2D eigenvalue weighted by Gasteiger charge is -2.52. The van der Waals surface area contributed by atoms with Crippen molar-refractivity contribution in [3.8, 4) is 0 Å². The summed E-state index contributed by atoms with van der Waals surface area (Å²) >= 11 is 1.88. The van der Waals surface area contributed by atoms with Crippen LogP contribution in [-0.2, 0) is 10.3 Å². The van der Waals surface area contributed by atoms with Gasteiger partial charge in [0, 0.05) is 25.1 Å². The molecule has 1 aromatic rings. The third-order valence-electron chi connectivity index (χ3n) is 4.91. The quantitative estimate of drug-likeness (QED) is 0.842. The summed E-state index contributed by atoms with van der Waals surface area (Å²) in [6.07, 6.45) is 2.58. The Morgan fingerprint density at radius 2 is 2.15 bits per heavy atom. The van der Waals surface area contributed by atoms with E-state index in [1.807, 2.05) is 11.3 Å². The van der Waals surface area contributed by atoms with Gasteiger partial charge in [-0.2, -0.15) is 0 Å². The van der Waals surface area contributed by atoms with Crippen LogP contribution in [0.2, 0.25) is 0 Å². The summed E-state index contributed by atoms with van der Waals surface area (Å²) in [5.41, 5.74) is 1.24. The monoisotopic (exact) mass is 295 g/mol. The molecule has 3 fully saturated rings. The highest BCUT2D eigenvalue weighted by molar-refractivity contribution is 7.11. The van der Waals surface area contributed by atoms with E-state index in [0.717, 1.165) is 19.7 Å². The van der Waals surface area contributed by atoms with Crippen molar-refractivity contribution in [3.05, 3.63) is 15.6 Å². The molecule has 1 aromatic heterocycles. The topological polar surface area (TPSA) is 37.4 Å². The van der Waals surface area contributed by atoms with E-state index >= 15 is 0 Å². The number of nitrogens with one attached hydrogen (secondary N) is 1. The number of aromatic nitrogens is 1. The van der Waals surface area contributed by atoms with Crippen LogP contribution in [0.15, 0.2) is 0 Å². The molecular weight excluding hydrogens is 270 g/mol. The third kappa shape index (κ3) is 2.41. The number of hydrogen-bond acceptors (Lipinski definition) is 5. The number of hydrogen-bond donors (Lipinski definition) is 1. The average molecular weight is 295 g/mol. The Balaban J connectivity index is 1.90. The smallest absolute Gasteiger partial charge is 0.115 e. The van der Waals surface area contributed by atoms with E-state index in [2.05, 4.69) is 24.1 Å². The molecule has 0 amide bonds. The van der Waals surface area contributed by atoms with Crippen molar-refractivity contribution < 1.29 is 4.74 Å². The molecule has 0 aliphatic carbocycles. The number of nitrogens with zero attached hydrogens (tertiary/aromatic N) is 2. The van der Waals surface area contributed by atoms with Crippen LogP contribution < -0.4 is 5.32 Å². The third-order valence-corrected chi connectivity index (χ3v) is 6.16. The van der Waals surface area contributed by atoms with Gasteiger partial charge in [-0.05, 0) is 45.7 Å². The fraction of sp³-hybridized carbons (Fsp3) is 0.800. The number of thiazole rings is 1. The van der Waals surface area contributed by atoms with Crippen molar-refractivity contribution in [3.63, 3.8) is 0 Å². The van der Waals surface area contributed by atoms with Gasteiger partial charge in [0.25, 0.3) is 0 Å². The maximum absolute atomic E-state index is 5.23. The van der Waals surface area contributed by atoms with Gasteiger partial charge in [0.15, 0.2) is 0 Å². The first-order valence-electron chi connectivity index (χ1n) is 7.56. The van der Waals surface area contributed by atoms with Crippen molar-refractivity contribution in [2.45, 2.75) is 32.2 Å². The first-order valence-corrected chi connectivity index (χ1v) is 8.38. The SMILES string of the molecule is COCCNC1(c2nc(C)c(C)s2)CN2CCC1CC2. The van der Waals surface area contributed by atoms with Crippen LogP contribution in [0.1, 0.15) is 28.4 Å². The molecule has 0 spiro atoms. The minimum absolute atomic E-state index is 0.0543. The molecule has 0 aromatic carbocycles. The first-order chi connectivity index (χ1) is 9.65. The summed E-state index contributed by atoms with van der Waals surface area (Å²) in [6, 6.07) is 0. The summed E-state index contributed by atoms with van der Waals surface area (Å²) in [4.78, 5) is 8.83. The van der Waals surface area contributed by atoms with E-state index in [1.54, 1.807) is 7.11 Å². The maximum atomic E-state index is 5.23. The second kappa shape index (κ2) is 5.72. The van der Waals surface area contributed by atoms with E-state index in [0.29, 0.717) is 5.92 Å². The molecule has 112 valence electrons. The number of fused-ring (bicyclic) bond motifs is 3. The minimum atomic E-state index is 0.0543. The largest absolute Gasteiger partial charge is 0.383 e. The van der Waals surface area contributed by atoms with E-state index < -0.39 is 0 Å². The van der Waals surface area contributed by atoms with E-state index in [1.165, 1.54) is 41.5 Å². The zero-order valence-corrected chi connectivity index (χ0v) is 13.6. The van der Waals surface area contributed by atoms with Gasteiger partial charge in [-0.25, -0.2) is 4.98 Å². The van der Waals surface area contributed by atoms with Crippen LogP contribution >= 0.6 is 11.3 Å². The van der Waals surface area contributed by atoms with Crippen LogP contribution in [0.4, 0.5) is 0 Å². The van der Waals surface area contributed by atoms with Crippen LogP contribution in [0.25, 0.3) is 0 Å². The molecule has 2 bridgehead atoms. The number of rotatable bonds is 5. The second-order valence-electron chi connectivity index (χ2n) is 6.10. The zero-order chi connectivity index (χ0) is 14.2. The molecule has 4 rings (SSSR count). The van der Waals surface area contributed by atoms with Gasteiger partial charge in [0.2, 0.25) is 0 Å². The summed E-state index contributed by atoms with van der Waals surface area (Å²) in [7, 11) is 1.77. The molecule has 0 radical (unpaired) electrons. The van der Waals surface area contributed by atoms with Gasteiger partial charge in [0.05, 0.1) is 17.8 Å². The zero-order valence-electron chi connectivity index (χ0n) is 12.7. The van der Waals surface area contributed by atoms with Crippen LogP contribution in [0.3, 0.4) is 0 Å². The molecule has 3 aliphatic rings. The van der Waals surface area contributed by atoms with Gasteiger partial charge >= 0.3 is 0 Å². The Hall–Kier alpha value is -0.490. The predicted molar refractivity (Wildman–Crippen MR) is 82.3 cm³/mol. The highest BCUT2D eigenvalue weighted by Gasteiger charge is 2.49. The predicted octanol–water partition coefficient (Wildman–Crippen LogP) is 1.92. The van der Waals surface area contributed by atoms with Gasteiger partial charge in [-0.15, -0.1) is 11.3 Å². The molecule has 3 aliphatic heterocycles. The number of methoxy groups -OCH3 is 1. The fourth-order valence-electron chi connectivity index (χ4n) is 3.62. The van der Waals surface area contributed by atoms with Gasteiger partial charge in [0.1, 0.15) is 5.01 Å². The molecule has 1 unspecified atom stereocenters. The molecule has 1 atom stereocenters. The highest BCUT2D eigenvalue weighted by Crippen LogP contribution is 2.44. The Kier molecular flexibility index (Phi) is 4.13. The molecule has 0 saturated carbocycles. The van der Waals surface area contributed by atoms with Crippen molar-refractivity contribution in [1.82, 2.24) is 15.2 Å². The maximum Gasteiger partial charge on any atom is 0.115 e. The van der Waals surface area contributed by atoms with Gasteiger partial charge < -0.3 is 15.0 Å². The van der Waals surface area contributed by atoms with Crippen molar-refractivity contribution >= 4 is 11.3 Å². The van der Waals surface area contributed by atoms with E-state index in [-0.39, 0.29) is 5.54 Å². The number of aryl methyl sites for hydroxylation is 2. The first kappa shape index (κ1) is 14.4. The minimum Gasteiger partial charge on any atom is -0.383 e. The summed E-state index contributed by atoms with van der Waals surface area (Å²) in [5, 5.41) is 5.10. The Labute approximate surface area is 125 Å². The summed E-state index contributed by atoms with van der Waals surface area (Å²) in [5.74, 6) is 0.717.